The van der Waals surface area contributed by atoms with Gasteiger partial charge in [0.15, 0.2) is 0 Å². The molecule has 3 aromatic rings. The Kier molecular flexibility index (Phi) is 7.11. The van der Waals surface area contributed by atoms with Crippen molar-refractivity contribution >= 4 is 29.5 Å². The highest BCUT2D eigenvalue weighted by Crippen LogP contribution is 2.23. The topological polar surface area (TPSA) is 104 Å². The van der Waals surface area contributed by atoms with Gasteiger partial charge in [0, 0.05) is 24.2 Å². The Morgan fingerprint density at radius 2 is 1.75 bits per heavy atom. The van der Waals surface area contributed by atoms with Crippen LogP contribution in [-0.4, -0.2) is 31.7 Å². The van der Waals surface area contributed by atoms with Crippen molar-refractivity contribution in [1.29, 1.82) is 0 Å². The summed E-state index contributed by atoms with van der Waals surface area (Å²) in [5.74, 6) is -3.30. The summed E-state index contributed by atoms with van der Waals surface area (Å²) in [6.07, 6.45) is 1.79. The largest absolute Gasteiger partial charge is 0.473 e. The van der Waals surface area contributed by atoms with E-state index in [0.29, 0.717) is 16.5 Å². The lowest BCUT2D eigenvalue weighted by Gasteiger charge is -2.10. The quantitative estimate of drug-likeness (QED) is 0.572. The van der Waals surface area contributed by atoms with Gasteiger partial charge in [-0.3, -0.25) is 0 Å². The third-order valence-corrected chi connectivity index (χ3v) is 4.08. The number of rotatable bonds is 4. The van der Waals surface area contributed by atoms with Crippen LogP contribution in [0.4, 0.5) is 10.3 Å². The predicted molar refractivity (Wildman–Crippen MR) is 103 cm³/mol. The van der Waals surface area contributed by atoms with Gasteiger partial charge in [-0.2, -0.15) is 0 Å². The first-order valence-corrected chi connectivity index (χ1v) is 8.39. The zero-order chi connectivity index (χ0) is 20.7. The van der Waals surface area contributed by atoms with E-state index < -0.39 is 11.9 Å². The lowest BCUT2D eigenvalue weighted by Crippen LogP contribution is -2.09. The number of nitrogens with one attached hydrogen (secondary N) is 1. The highest BCUT2D eigenvalue weighted by Gasteiger charge is 2.11. The first-order chi connectivity index (χ1) is 13.3. The van der Waals surface area contributed by atoms with E-state index in [1.165, 1.54) is 6.07 Å². The van der Waals surface area contributed by atoms with E-state index in [9.17, 15) is 4.39 Å². The molecule has 0 fully saturated rings. The van der Waals surface area contributed by atoms with Crippen LogP contribution in [0.5, 0.6) is 0 Å². The van der Waals surface area contributed by atoms with Gasteiger partial charge in [-0.15, -0.1) is 0 Å². The van der Waals surface area contributed by atoms with Crippen LogP contribution in [0.2, 0.25) is 5.02 Å². The molecule has 3 rings (SSSR count). The number of imidazole rings is 1. The minimum atomic E-state index is -1.82. The first kappa shape index (κ1) is 20.9. The highest BCUT2D eigenvalue weighted by atomic mass is 35.5. The second kappa shape index (κ2) is 9.52. The van der Waals surface area contributed by atoms with Crippen LogP contribution < -0.4 is 5.32 Å². The molecule has 0 saturated carbocycles. The van der Waals surface area contributed by atoms with Gasteiger partial charge in [-0.05, 0) is 17.7 Å². The average Bonchev–Trinajstić information content (AvgIpc) is 3.03. The van der Waals surface area contributed by atoms with E-state index in [1.54, 1.807) is 18.3 Å². The molecule has 3 N–H and O–H groups in total. The number of aromatic nitrogens is 2. The Bertz CT molecular complexity index is 944. The molecule has 28 heavy (non-hydrogen) atoms. The Balaban J connectivity index is 0.000000409. The SMILES string of the molecule is Cn1c(-c2ccccc2)cnc1NCc1c(F)cccc1Cl.O=C(O)C(=O)O. The summed E-state index contributed by atoms with van der Waals surface area (Å²) >= 11 is 6.03. The molecule has 146 valence electrons. The van der Waals surface area contributed by atoms with Crippen molar-refractivity contribution in [2.45, 2.75) is 6.54 Å². The van der Waals surface area contributed by atoms with Crippen LogP contribution in [-0.2, 0) is 23.2 Å². The Morgan fingerprint density at radius 3 is 2.32 bits per heavy atom. The zero-order valence-electron chi connectivity index (χ0n) is 14.8. The van der Waals surface area contributed by atoms with Gasteiger partial charge in [-0.25, -0.2) is 19.0 Å². The number of hydrogen-bond acceptors (Lipinski definition) is 4. The fraction of sp³-hybridized carbons (Fsp3) is 0.105. The van der Waals surface area contributed by atoms with Crippen molar-refractivity contribution in [3.05, 3.63) is 71.1 Å². The molecule has 0 aliphatic carbocycles. The molecule has 0 atom stereocenters. The number of carbonyl (C=O) groups is 2. The van der Waals surface area contributed by atoms with Crippen LogP contribution in [0.25, 0.3) is 11.3 Å². The molecule has 0 aliphatic rings. The minimum absolute atomic E-state index is 0.282. The number of nitrogens with zero attached hydrogens (tertiary/aromatic N) is 2. The summed E-state index contributed by atoms with van der Waals surface area (Å²) in [5, 5.41) is 18.3. The van der Waals surface area contributed by atoms with Crippen LogP contribution in [0.15, 0.2) is 54.7 Å². The Labute approximate surface area is 165 Å². The van der Waals surface area contributed by atoms with Gasteiger partial charge >= 0.3 is 11.9 Å². The maximum absolute atomic E-state index is 13.8. The molecule has 0 amide bonds. The third-order valence-electron chi connectivity index (χ3n) is 3.73. The van der Waals surface area contributed by atoms with E-state index in [4.69, 9.17) is 31.4 Å². The molecule has 1 heterocycles. The summed E-state index contributed by atoms with van der Waals surface area (Å²) in [5.41, 5.74) is 2.51. The number of carboxylic acids is 2. The fourth-order valence-corrected chi connectivity index (χ4v) is 2.55. The van der Waals surface area contributed by atoms with Gasteiger partial charge in [0.05, 0.1) is 11.9 Å². The first-order valence-electron chi connectivity index (χ1n) is 8.01. The second-order valence-electron chi connectivity index (χ2n) is 5.56. The molecule has 0 radical (unpaired) electrons. The molecular weight excluding hydrogens is 389 g/mol. The van der Waals surface area contributed by atoms with Gasteiger partial charge in [0.2, 0.25) is 5.95 Å². The number of halogens is 2. The van der Waals surface area contributed by atoms with Crippen molar-refractivity contribution in [3.63, 3.8) is 0 Å². The number of hydrogen-bond donors (Lipinski definition) is 3. The Morgan fingerprint density at radius 1 is 1.11 bits per heavy atom. The number of carboxylic acid groups (broad SMARTS) is 2. The van der Waals surface area contributed by atoms with Gasteiger partial charge in [0.1, 0.15) is 5.82 Å². The summed E-state index contributed by atoms with van der Waals surface area (Å²) in [4.78, 5) is 22.6. The van der Waals surface area contributed by atoms with E-state index in [0.717, 1.165) is 11.3 Å². The summed E-state index contributed by atoms with van der Waals surface area (Å²) in [6.45, 7) is 0.282. The molecule has 0 bridgehead atoms. The van der Waals surface area contributed by atoms with Crippen molar-refractivity contribution in [1.82, 2.24) is 9.55 Å². The normalized spacial score (nSPS) is 9.96. The maximum Gasteiger partial charge on any atom is 0.414 e. The van der Waals surface area contributed by atoms with Gasteiger partial charge in [-0.1, -0.05) is 48.0 Å². The average molecular weight is 406 g/mol. The molecule has 7 nitrogen and oxygen atoms in total. The van der Waals surface area contributed by atoms with Crippen LogP contribution in [0, 0.1) is 5.82 Å². The lowest BCUT2D eigenvalue weighted by molar-refractivity contribution is -0.159. The number of anilines is 1. The minimum Gasteiger partial charge on any atom is -0.473 e. The highest BCUT2D eigenvalue weighted by molar-refractivity contribution is 6.31. The molecule has 0 aliphatic heterocycles. The molecule has 0 saturated heterocycles. The van der Waals surface area contributed by atoms with Crippen molar-refractivity contribution in [3.8, 4) is 11.3 Å². The summed E-state index contributed by atoms with van der Waals surface area (Å²) < 4.78 is 15.7. The molecule has 0 spiro atoms. The van der Waals surface area contributed by atoms with Crippen LogP contribution in [0.1, 0.15) is 5.56 Å². The van der Waals surface area contributed by atoms with E-state index >= 15 is 0 Å². The second-order valence-corrected chi connectivity index (χ2v) is 5.96. The van der Waals surface area contributed by atoms with E-state index in [2.05, 4.69) is 10.3 Å². The standard InChI is InChI=1S/C17H15ClFN3.C2H2O4/c1-22-16(12-6-3-2-4-7-12)11-21-17(22)20-10-13-14(18)8-5-9-15(13)19;3-1(4)2(5)6/h2-9,11H,10H2,1H3,(H,20,21);(H,3,4)(H,5,6). The van der Waals surface area contributed by atoms with E-state index in [1.807, 2.05) is 41.9 Å². The van der Waals surface area contributed by atoms with Crippen LogP contribution in [0.3, 0.4) is 0 Å². The van der Waals surface area contributed by atoms with Crippen molar-refractivity contribution in [2.24, 2.45) is 7.05 Å². The van der Waals surface area contributed by atoms with E-state index in [-0.39, 0.29) is 12.4 Å². The zero-order valence-corrected chi connectivity index (χ0v) is 15.5. The molecule has 1 aromatic heterocycles. The monoisotopic (exact) mass is 405 g/mol. The van der Waals surface area contributed by atoms with Gasteiger partial charge < -0.3 is 20.1 Å². The smallest absolute Gasteiger partial charge is 0.414 e. The summed E-state index contributed by atoms with van der Waals surface area (Å²) in [6, 6.07) is 14.6. The summed E-state index contributed by atoms with van der Waals surface area (Å²) in [7, 11) is 1.92. The molecule has 0 unspecified atom stereocenters. The Hall–Kier alpha value is -3.39. The van der Waals surface area contributed by atoms with Gasteiger partial charge in [0.25, 0.3) is 0 Å². The lowest BCUT2D eigenvalue weighted by atomic mass is 10.2. The number of aliphatic carboxylic acids is 2. The van der Waals surface area contributed by atoms with Crippen LogP contribution >= 0.6 is 11.6 Å². The van der Waals surface area contributed by atoms with Crippen molar-refractivity contribution < 1.29 is 24.2 Å². The molecular formula is C19H17ClFN3O4. The predicted octanol–water partition coefficient (Wildman–Crippen LogP) is 3.65. The van der Waals surface area contributed by atoms with Crippen molar-refractivity contribution in [2.75, 3.05) is 5.32 Å². The molecule has 2 aromatic carbocycles. The fourth-order valence-electron chi connectivity index (χ4n) is 2.32. The third kappa shape index (κ3) is 5.31. The molecule has 9 heteroatoms. The number of benzene rings is 2. The maximum atomic E-state index is 13.8.